The van der Waals surface area contributed by atoms with Crippen LogP contribution in [0.25, 0.3) is 16.8 Å². The molecule has 0 fully saturated rings. The van der Waals surface area contributed by atoms with Gasteiger partial charge in [-0.3, -0.25) is 9.69 Å². The van der Waals surface area contributed by atoms with Gasteiger partial charge in [-0.25, -0.2) is 4.68 Å². The number of amides is 1. The molecule has 1 amide bonds. The Labute approximate surface area is 292 Å². The third-order valence-electron chi connectivity index (χ3n) is 8.36. The van der Waals surface area contributed by atoms with E-state index < -0.39 is 12.3 Å². The van der Waals surface area contributed by atoms with E-state index in [4.69, 9.17) is 5.10 Å². The number of nitrogens with zero attached hydrogens (tertiary/aromatic N) is 4. The molecule has 251 valence electrons. The summed E-state index contributed by atoms with van der Waals surface area (Å²) >= 11 is 0. The Balaban J connectivity index is 0.00000256. The van der Waals surface area contributed by atoms with Crippen molar-refractivity contribution in [3.05, 3.63) is 114 Å². The largest absolute Gasteiger partial charge is 1.00 e. The molecular formula is C38H46N4O4Os-. The first-order chi connectivity index (χ1) is 21.4. The molecule has 9 heteroatoms. The third kappa shape index (κ3) is 8.98. The van der Waals surface area contributed by atoms with Crippen molar-refractivity contribution in [1.82, 2.24) is 19.6 Å². The molecule has 0 saturated heterocycles. The van der Waals surface area contributed by atoms with Gasteiger partial charge in [-0.1, -0.05) is 68.7 Å². The van der Waals surface area contributed by atoms with E-state index in [0.717, 1.165) is 53.6 Å². The van der Waals surface area contributed by atoms with Gasteiger partial charge in [0.2, 0.25) is 0 Å². The SMILES string of the molecule is CCCCN(CCCC)C(=O)c1cc(C)n(-c2ccc(-c3c[c-]ccc3)cc2C(O)N2Cc3ccccc3CC2C#CO)n1.O.[CH3-].[Os+]. The van der Waals surface area contributed by atoms with E-state index in [1.165, 1.54) is 0 Å². The second kappa shape index (κ2) is 18.5. The van der Waals surface area contributed by atoms with Crippen molar-refractivity contribution in [2.45, 2.75) is 71.7 Å². The fraction of sp³-hybridized carbons (Fsp3) is 0.342. The van der Waals surface area contributed by atoms with Crippen LogP contribution in [0.4, 0.5) is 0 Å². The van der Waals surface area contributed by atoms with Crippen LogP contribution in [0.3, 0.4) is 0 Å². The summed E-state index contributed by atoms with van der Waals surface area (Å²) in [5.41, 5.74) is 6.67. The number of fused-ring (bicyclic) bond motifs is 1. The van der Waals surface area contributed by atoms with Crippen LogP contribution in [0.2, 0.25) is 0 Å². The Morgan fingerprint density at radius 1 is 1.04 bits per heavy atom. The molecule has 1 aliphatic heterocycles. The molecule has 0 bridgehead atoms. The van der Waals surface area contributed by atoms with Crippen molar-refractivity contribution in [2.24, 2.45) is 0 Å². The molecule has 5 rings (SSSR count). The van der Waals surface area contributed by atoms with E-state index in [-0.39, 0.29) is 38.6 Å². The smallest absolute Gasteiger partial charge is 0.462 e. The number of hydrogen-bond acceptors (Lipinski definition) is 5. The fourth-order valence-corrected chi connectivity index (χ4v) is 5.89. The third-order valence-corrected chi connectivity index (χ3v) is 8.36. The zero-order valence-corrected chi connectivity index (χ0v) is 30.2. The van der Waals surface area contributed by atoms with E-state index in [1.807, 2.05) is 77.4 Å². The first kappa shape index (κ1) is 39.4. The van der Waals surface area contributed by atoms with E-state index in [1.54, 1.807) is 4.68 Å². The zero-order valence-electron chi connectivity index (χ0n) is 27.7. The minimum atomic E-state index is -1.06. The van der Waals surface area contributed by atoms with E-state index in [2.05, 4.69) is 44.1 Å². The van der Waals surface area contributed by atoms with Gasteiger partial charge in [-0.05, 0) is 55.4 Å². The number of aryl methyl sites for hydroxylation is 1. The first-order valence-electron chi connectivity index (χ1n) is 15.6. The fourth-order valence-electron chi connectivity index (χ4n) is 5.89. The molecule has 1 aliphatic rings. The molecule has 0 aliphatic carbocycles. The Morgan fingerprint density at radius 3 is 2.38 bits per heavy atom. The Bertz CT molecular complexity index is 1640. The number of hydrogen-bond donors (Lipinski definition) is 2. The van der Waals surface area contributed by atoms with Crippen molar-refractivity contribution < 1.29 is 40.3 Å². The number of aromatic nitrogens is 2. The van der Waals surface area contributed by atoms with Crippen molar-refractivity contribution >= 4 is 5.91 Å². The van der Waals surface area contributed by atoms with Crippen LogP contribution < -0.4 is 0 Å². The maximum atomic E-state index is 13.6. The number of benzene rings is 3. The van der Waals surface area contributed by atoms with Crippen LogP contribution in [0.15, 0.2) is 72.8 Å². The van der Waals surface area contributed by atoms with Crippen LogP contribution in [0, 0.1) is 32.4 Å². The normalized spacial score (nSPS) is 14.3. The average Bonchev–Trinajstić information content (AvgIpc) is 3.45. The number of aliphatic hydroxyl groups is 2. The molecule has 4 aromatic rings. The van der Waals surface area contributed by atoms with E-state index >= 15 is 0 Å². The van der Waals surface area contributed by atoms with Gasteiger partial charge in [0.25, 0.3) is 5.91 Å². The minimum absolute atomic E-state index is 0. The summed E-state index contributed by atoms with van der Waals surface area (Å²) in [5.74, 6) is 2.83. The Hall–Kier alpha value is -3.78. The number of rotatable bonds is 11. The first-order valence-corrected chi connectivity index (χ1v) is 15.6. The maximum absolute atomic E-state index is 13.6. The molecule has 3 aromatic carbocycles. The Morgan fingerprint density at radius 2 is 1.74 bits per heavy atom. The molecule has 0 saturated carbocycles. The number of carbonyl (C=O) groups excluding carboxylic acids is 1. The molecule has 2 unspecified atom stereocenters. The van der Waals surface area contributed by atoms with Crippen molar-refractivity contribution in [2.75, 3.05) is 13.1 Å². The summed E-state index contributed by atoms with van der Waals surface area (Å²) in [5, 5.41) is 26.5. The summed E-state index contributed by atoms with van der Waals surface area (Å²) in [6.45, 7) is 8.06. The van der Waals surface area contributed by atoms with Gasteiger partial charge in [0.1, 0.15) is 12.3 Å². The van der Waals surface area contributed by atoms with Gasteiger partial charge < -0.3 is 28.0 Å². The Kier molecular flexibility index (Phi) is 15.5. The van der Waals surface area contributed by atoms with Crippen molar-refractivity contribution in [3.63, 3.8) is 0 Å². The topological polar surface area (TPSA) is 113 Å². The summed E-state index contributed by atoms with van der Waals surface area (Å²) in [6.07, 6.45) is 5.51. The number of carbonyl (C=O) groups is 1. The predicted octanol–water partition coefficient (Wildman–Crippen LogP) is 6.06. The second-order valence-electron chi connectivity index (χ2n) is 11.4. The van der Waals surface area contributed by atoms with Gasteiger partial charge >= 0.3 is 19.8 Å². The van der Waals surface area contributed by atoms with Crippen LogP contribution in [-0.2, 0) is 32.8 Å². The van der Waals surface area contributed by atoms with Gasteiger partial charge in [0, 0.05) is 30.9 Å². The van der Waals surface area contributed by atoms with Crippen molar-refractivity contribution in [1.29, 1.82) is 0 Å². The van der Waals surface area contributed by atoms with Crippen LogP contribution >= 0.6 is 0 Å². The number of aliphatic hydroxyl groups excluding tert-OH is 2. The van der Waals surface area contributed by atoms with E-state index in [9.17, 15) is 15.0 Å². The van der Waals surface area contributed by atoms with Crippen LogP contribution in [0.5, 0.6) is 0 Å². The van der Waals surface area contributed by atoms with E-state index in [0.29, 0.717) is 43.0 Å². The molecule has 2 atom stereocenters. The molecule has 4 N–H and O–H groups in total. The summed E-state index contributed by atoms with van der Waals surface area (Å²) in [4.78, 5) is 17.5. The molecule has 1 aromatic heterocycles. The summed E-state index contributed by atoms with van der Waals surface area (Å²) in [6, 6.07) is 26.3. The monoisotopic (exact) mass is 814 g/mol. The zero-order chi connectivity index (χ0) is 31.1. The van der Waals surface area contributed by atoms with Gasteiger partial charge in [0.15, 0.2) is 5.69 Å². The van der Waals surface area contributed by atoms with Gasteiger partial charge in [0.05, 0.1) is 11.7 Å². The second-order valence-corrected chi connectivity index (χ2v) is 11.4. The minimum Gasteiger partial charge on any atom is -0.462 e. The van der Waals surface area contributed by atoms with Crippen LogP contribution in [-0.4, -0.2) is 60.3 Å². The summed E-state index contributed by atoms with van der Waals surface area (Å²) < 4.78 is 1.76. The quantitative estimate of drug-likeness (QED) is 0.141. The molecule has 1 radical (unpaired) electrons. The maximum Gasteiger partial charge on any atom is 1.00 e. The average molecular weight is 813 g/mol. The standard InChI is InChI=1S/C37H41N4O3.CH3.H2O.Os/c1-4-6-20-39(21-7-5-2)37(44)34-23-27(3)41(38-34)35-18-17-30(28-13-9-8-10-14-28)25-33(35)36(43)40-26-31-16-12-11-15-29(31)24-32(40)19-22-42;;;/h8-9,11-18,23,25,32,36,42-43H,4-7,20-21,24,26H2,1-3H3;1H3;1H2;/q2*-1;;+1. The molecule has 0 spiro atoms. The molecule has 8 nitrogen and oxygen atoms in total. The van der Waals surface area contributed by atoms with Crippen LogP contribution in [0.1, 0.15) is 78.6 Å². The molecular weight excluding hydrogens is 767 g/mol. The summed E-state index contributed by atoms with van der Waals surface area (Å²) in [7, 11) is 0. The van der Waals surface area contributed by atoms with Gasteiger partial charge in [-0.15, -0.1) is 5.56 Å². The van der Waals surface area contributed by atoms with Crippen molar-refractivity contribution in [3.8, 4) is 28.8 Å². The number of unbranched alkanes of at least 4 members (excludes halogenated alkanes) is 2. The van der Waals surface area contributed by atoms with Gasteiger partial charge in [-0.2, -0.15) is 35.4 Å². The molecule has 2 heterocycles. The predicted molar refractivity (Wildman–Crippen MR) is 182 cm³/mol. The molecule has 47 heavy (non-hydrogen) atoms.